The van der Waals surface area contributed by atoms with Crippen molar-refractivity contribution >= 4 is 41.1 Å². The summed E-state index contributed by atoms with van der Waals surface area (Å²) in [6.45, 7) is 2.92. The Morgan fingerprint density at radius 3 is 1.79 bits per heavy atom. The molecule has 24 heavy (non-hydrogen) atoms. The van der Waals surface area contributed by atoms with E-state index in [0.29, 0.717) is 18.1 Å². The number of allylic oxidation sites excluding steroid dienone is 1. The lowest BCUT2D eigenvalue weighted by molar-refractivity contribution is 0.595. The fourth-order valence-corrected chi connectivity index (χ4v) is 8.10. The Balaban J connectivity index is 4.08. The molecule has 0 atom stereocenters. The molecule has 0 N–H and O–H groups in total. The van der Waals surface area contributed by atoms with Crippen LogP contribution >= 0.6 is 11.6 Å². The maximum absolute atomic E-state index is 12.7. The normalized spacial score (nSPS) is 12.5. The first-order valence-corrected chi connectivity index (χ1v) is 11.8. The Morgan fingerprint density at radius 2 is 1.42 bits per heavy atom. The fourth-order valence-electron chi connectivity index (χ4n) is 1.98. The molecule has 7 nitrogen and oxygen atoms in total. The highest BCUT2D eigenvalue weighted by Gasteiger charge is 2.36. The van der Waals surface area contributed by atoms with Crippen molar-refractivity contribution in [2.24, 2.45) is 0 Å². The lowest BCUT2D eigenvalue weighted by atomic mass is 10.2. The Hall–Kier alpha value is -1.41. The number of hydrogen-bond donors (Lipinski definition) is 0. The van der Waals surface area contributed by atoms with Crippen LogP contribution < -0.4 is 0 Å². The highest BCUT2D eigenvalue weighted by Crippen LogP contribution is 2.31. The van der Waals surface area contributed by atoms with Crippen molar-refractivity contribution < 1.29 is 25.3 Å². The quantitative estimate of drug-likeness (QED) is 0.687. The fraction of sp³-hybridized carbons (Fsp3) is 0.308. The van der Waals surface area contributed by atoms with E-state index >= 15 is 0 Å². The summed E-state index contributed by atoms with van der Waals surface area (Å²) in [6, 6.07) is 3.71. The highest BCUT2D eigenvalue weighted by molar-refractivity contribution is 8.15. The van der Waals surface area contributed by atoms with Crippen LogP contribution in [-0.4, -0.2) is 37.8 Å². The third-order valence-electron chi connectivity index (χ3n) is 2.97. The van der Waals surface area contributed by atoms with Gasteiger partial charge in [-0.1, -0.05) is 11.6 Å². The molecule has 1 rings (SSSR count). The van der Waals surface area contributed by atoms with Crippen molar-refractivity contribution in [2.75, 3.05) is 12.5 Å². The number of sulfone groups is 3. The van der Waals surface area contributed by atoms with Gasteiger partial charge in [-0.3, -0.25) is 0 Å². The Morgan fingerprint density at radius 1 is 0.958 bits per heavy atom. The van der Waals surface area contributed by atoms with E-state index in [0.717, 1.165) is 6.07 Å². The van der Waals surface area contributed by atoms with Crippen molar-refractivity contribution in [1.82, 2.24) is 0 Å². The van der Waals surface area contributed by atoms with Gasteiger partial charge in [0, 0.05) is 17.5 Å². The Kier molecular flexibility index (Phi) is 5.57. The van der Waals surface area contributed by atoms with E-state index < -0.39 is 38.7 Å². The average molecular weight is 412 g/mol. The Bertz CT molecular complexity index is 1060. The monoisotopic (exact) mass is 411 g/mol. The predicted molar refractivity (Wildman–Crippen MR) is 90.4 cm³/mol. The maximum Gasteiger partial charge on any atom is 0.218 e. The summed E-state index contributed by atoms with van der Waals surface area (Å²) >= 11 is 5.89. The number of rotatable bonds is 4. The molecule has 0 amide bonds. The Labute approximate surface area is 146 Å². The molecule has 1 aromatic rings. The summed E-state index contributed by atoms with van der Waals surface area (Å²) < 4.78 is 71.2. The molecule has 0 spiro atoms. The molecule has 0 bridgehead atoms. The first-order valence-electron chi connectivity index (χ1n) is 6.20. The van der Waals surface area contributed by atoms with Crippen molar-refractivity contribution in [1.29, 1.82) is 5.26 Å². The van der Waals surface area contributed by atoms with Gasteiger partial charge in [0.25, 0.3) is 0 Å². The molecule has 0 aromatic heterocycles. The van der Waals surface area contributed by atoms with Crippen LogP contribution in [0.15, 0.2) is 26.2 Å². The van der Waals surface area contributed by atoms with Crippen molar-refractivity contribution in [3.05, 3.63) is 37.4 Å². The van der Waals surface area contributed by atoms with Gasteiger partial charge < -0.3 is 0 Å². The van der Waals surface area contributed by atoms with Crippen LogP contribution in [0.5, 0.6) is 0 Å². The third-order valence-corrected chi connectivity index (χ3v) is 9.06. The number of halogens is 1. The zero-order valence-corrected chi connectivity index (χ0v) is 16.4. The summed E-state index contributed by atoms with van der Waals surface area (Å²) in [5.41, 5.74) is 0.526. The van der Waals surface area contributed by atoms with Crippen LogP contribution in [0.3, 0.4) is 0 Å². The van der Waals surface area contributed by atoms with Crippen LogP contribution in [-0.2, 0) is 29.5 Å². The summed E-state index contributed by atoms with van der Waals surface area (Å²) in [5, 5.41) is 9.47. The minimum absolute atomic E-state index is 0.153. The van der Waals surface area contributed by atoms with Gasteiger partial charge in [0.05, 0.1) is 4.90 Å². The van der Waals surface area contributed by atoms with Crippen LogP contribution in [0.4, 0.5) is 0 Å². The van der Waals surface area contributed by atoms with Crippen LogP contribution in [0, 0.1) is 25.2 Å². The average Bonchev–Trinajstić information content (AvgIpc) is 2.36. The predicted octanol–water partition coefficient (Wildman–Crippen LogP) is 1.51. The number of nitrogens with zero attached hydrogens (tertiary/aromatic N) is 1. The molecule has 0 aliphatic carbocycles. The summed E-state index contributed by atoms with van der Waals surface area (Å²) in [5.74, 6) is 0. The molecule has 132 valence electrons. The maximum atomic E-state index is 12.7. The molecular formula is C13H14ClNO6S3. The topological polar surface area (TPSA) is 126 Å². The highest BCUT2D eigenvalue weighted by atomic mass is 35.5. The molecule has 0 heterocycles. The van der Waals surface area contributed by atoms with Crippen LogP contribution in [0.25, 0.3) is 0 Å². The molecule has 0 aliphatic rings. The second kappa shape index (κ2) is 6.48. The first-order chi connectivity index (χ1) is 10.6. The van der Waals surface area contributed by atoms with E-state index in [2.05, 4.69) is 0 Å². The van der Waals surface area contributed by atoms with Gasteiger partial charge in [-0.15, -0.1) is 0 Å². The van der Waals surface area contributed by atoms with Gasteiger partial charge in [0.15, 0.2) is 28.8 Å². The molecule has 0 unspecified atom stereocenters. The largest absolute Gasteiger partial charge is 0.223 e. The first kappa shape index (κ1) is 20.6. The number of hydrogen-bond acceptors (Lipinski definition) is 7. The van der Waals surface area contributed by atoms with Gasteiger partial charge >= 0.3 is 0 Å². The van der Waals surface area contributed by atoms with Gasteiger partial charge in [-0.25, -0.2) is 25.3 Å². The van der Waals surface area contributed by atoms with E-state index in [1.165, 1.54) is 26.0 Å². The van der Waals surface area contributed by atoms with E-state index in [4.69, 9.17) is 11.6 Å². The van der Waals surface area contributed by atoms with Crippen LogP contribution in [0.2, 0.25) is 5.02 Å². The smallest absolute Gasteiger partial charge is 0.218 e. The summed E-state index contributed by atoms with van der Waals surface area (Å²) in [4.78, 5) is -1.72. The minimum Gasteiger partial charge on any atom is -0.223 e. The second-order valence-electron chi connectivity index (χ2n) is 5.14. The van der Waals surface area contributed by atoms with E-state index in [-0.39, 0.29) is 15.5 Å². The molecular weight excluding hydrogens is 398 g/mol. The molecule has 0 aliphatic heterocycles. The SMILES string of the molecule is Cc1cc(S(=O)(=O)C(C#N)=C(S(C)(=O)=O)S(C)(=O)=O)c(C)cc1Cl. The third kappa shape index (κ3) is 3.97. The van der Waals surface area contributed by atoms with Crippen molar-refractivity contribution in [3.8, 4) is 6.07 Å². The second-order valence-corrected chi connectivity index (χ2v) is 11.6. The van der Waals surface area contributed by atoms with Gasteiger partial charge in [-0.05, 0) is 37.1 Å². The van der Waals surface area contributed by atoms with Gasteiger partial charge in [0.2, 0.25) is 9.84 Å². The van der Waals surface area contributed by atoms with Crippen molar-refractivity contribution in [3.63, 3.8) is 0 Å². The molecule has 11 heteroatoms. The van der Waals surface area contributed by atoms with Crippen molar-refractivity contribution in [2.45, 2.75) is 18.7 Å². The molecule has 0 saturated heterocycles. The summed E-state index contributed by atoms with van der Waals surface area (Å²) in [7, 11) is -13.7. The van der Waals surface area contributed by atoms with E-state index in [9.17, 15) is 30.5 Å². The number of aryl methyl sites for hydroxylation is 2. The molecule has 0 radical (unpaired) electrons. The zero-order valence-electron chi connectivity index (χ0n) is 13.2. The molecule has 1 aromatic carbocycles. The van der Waals surface area contributed by atoms with Crippen LogP contribution in [0.1, 0.15) is 11.1 Å². The standard InChI is InChI=1S/C13H14ClNO6S3/c1-8-6-11(9(2)5-10(8)14)24(20,21)12(7-15)13(22(3,16)17)23(4,18)19/h5-6H,1-4H3. The lowest BCUT2D eigenvalue weighted by Crippen LogP contribution is -2.18. The van der Waals surface area contributed by atoms with Gasteiger partial charge in [-0.2, -0.15) is 5.26 Å². The number of nitriles is 1. The number of benzene rings is 1. The lowest BCUT2D eigenvalue weighted by Gasteiger charge is -2.11. The molecule has 0 saturated carbocycles. The summed E-state index contributed by atoms with van der Waals surface area (Å²) in [6.07, 6.45) is 1.05. The zero-order chi connectivity index (χ0) is 19.1. The van der Waals surface area contributed by atoms with E-state index in [1.54, 1.807) is 0 Å². The van der Waals surface area contributed by atoms with Gasteiger partial charge in [0.1, 0.15) is 6.07 Å². The van der Waals surface area contributed by atoms with E-state index in [1.807, 2.05) is 0 Å². The minimum atomic E-state index is -4.69. The molecule has 0 fully saturated rings.